The summed E-state index contributed by atoms with van der Waals surface area (Å²) in [6.07, 6.45) is 1.69. The molecule has 0 radical (unpaired) electrons. The average Bonchev–Trinajstić information content (AvgIpc) is 2.65. The normalized spacial score (nSPS) is 11.0. The highest BCUT2D eigenvalue weighted by atomic mass is 32.2. The van der Waals surface area contributed by atoms with Gasteiger partial charge in [-0.25, -0.2) is 18.1 Å². The van der Waals surface area contributed by atoms with Gasteiger partial charge in [0.1, 0.15) is 0 Å². The van der Waals surface area contributed by atoms with Gasteiger partial charge in [-0.3, -0.25) is 4.98 Å². The summed E-state index contributed by atoms with van der Waals surface area (Å²) in [7, 11) is 0.548. The van der Waals surface area contributed by atoms with Crippen LogP contribution in [0.15, 0.2) is 42.6 Å². The maximum absolute atomic E-state index is 10.6. The molecule has 130 valence electrons. The highest BCUT2D eigenvalue weighted by Gasteiger charge is 2.09. The van der Waals surface area contributed by atoms with E-state index in [0.29, 0.717) is 28.2 Å². The standard InChI is InChI=1S/C17H17N3O4S/c1-23-16-7-13-14(8-17(16)24-2)20-15(10-18-13)12-5-3-11(4-6-12)9-19-25(21)22/h3-8,10,25H,9H2,1-2H3,(H,19,21,22). The van der Waals surface area contributed by atoms with E-state index in [1.807, 2.05) is 24.3 Å². The van der Waals surface area contributed by atoms with E-state index in [1.54, 1.807) is 32.5 Å². The predicted octanol–water partition coefficient (Wildman–Crippen LogP) is 1.93. The van der Waals surface area contributed by atoms with Crippen LogP contribution in [0, 0.1) is 0 Å². The monoisotopic (exact) mass is 359 g/mol. The van der Waals surface area contributed by atoms with Crippen molar-refractivity contribution in [2.24, 2.45) is 0 Å². The number of rotatable bonds is 6. The van der Waals surface area contributed by atoms with E-state index in [0.717, 1.165) is 11.1 Å². The number of aromatic nitrogens is 2. The molecule has 0 spiro atoms. The van der Waals surface area contributed by atoms with Crippen molar-refractivity contribution in [3.05, 3.63) is 48.2 Å². The average molecular weight is 359 g/mol. The van der Waals surface area contributed by atoms with Gasteiger partial charge in [-0.15, -0.1) is 0 Å². The molecule has 0 fully saturated rings. The van der Waals surface area contributed by atoms with Crippen LogP contribution in [0.5, 0.6) is 11.5 Å². The first-order chi connectivity index (χ1) is 12.1. The molecule has 0 atom stereocenters. The molecule has 25 heavy (non-hydrogen) atoms. The molecule has 0 saturated heterocycles. The van der Waals surface area contributed by atoms with Crippen molar-refractivity contribution in [2.45, 2.75) is 6.54 Å². The fourth-order valence-corrected chi connectivity index (χ4v) is 2.74. The highest BCUT2D eigenvalue weighted by Crippen LogP contribution is 2.31. The number of thiol groups is 1. The summed E-state index contributed by atoms with van der Waals surface area (Å²) < 4.78 is 34.1. The Bertz CT molecular complexity index is 964. The summed E-state index contributed by atoms with van der Waals surface area (Å²) in [5, 5.41) is 0. The molecule has 2 aromatic carbocycles. The Morgan fingerprint density at radius 2 is 1.64 bits per heavy atom. The van der Waals surface area contributed by atoms with E-state index in [2.05, 4.69) is 14.7 Å². The minimum Gasteiger partial charge on any atom is -0.493 e. The number of ether oxygens (including phenoxy) is 2. The molecule has 0 saturated carbocycles. The van der Waals surface area contributed by atoms with Gasteiger partial charge in [-0.05, 0) is 5.56 Å². The van der Waals surface area contributed by atoms with Crippen LogP contribution in [0.1, 0.15) is 5.56 Å². The van der Waals surface area contributed by atoms with Gasteiger partial charge in [0.05, 0.1) is 37.1 Å². The van der Waals surface area contributed by atoms with Gasteiger partial charge >= 0.3 is 0 Å². The molecule has 3 aromatic rings. The van der Waals surface area contributed by atoms with Crippen molar-refractivity contribution >= 4 is 21.9 Å². The number of fused-ring (bicyclic) bond motifs is 1. The summed E-state index contributed by atoms with van der Waals surface area (Å²) in [5.41, 5.74) is 3.88. The Hall–Kier alpha value is -2.71. The molecule has 0 amide bonds. The topological polar surface area (TPSA) is 90.4 Å². The van der Waals surface area contributed by atoms with Gasteiger partial charge in [0.2, 0.25) is 10.9 Å². The molecule has 1 N–H and O–H groups in total. The van der Waals surface area contributed by atoms with Crippen molar-refractivity contribution in [3.8, 4) is 22.8 Å². The Labute approximate surface area is 146 Å². The van der Waals surface area contributed by atoms with E-state index in [1.165, 1.54) is 0 Å². The second-order valence-electron chi connectivity index (χ2n) is 5.24. The van der Waals surface area contributed by atoms with Crippen LogP contribution in [0.4, 0.5) is 0 Å². The molecule has 0 aliphatic rings. The van der Waals surface area contributed by atoms with Crippen LogP contribution in [0.2, 0.25) is 0 Å². The summed E-state index contributed by atoms with van der Waals surface area (Å²) in [6, 6.07) is 11.0. The van der Waals surface area contributed by atoms with Gasteiger partial charge in [0.15, 0.2) is 11.5 Å². The summed E-state index contributed by atoms with van der Waals surface area (Å²) in [6.45, 7) is 0.263. The largest absolute Gasteiger partial charge is 0.493 e. The zero-order chi connectivity index (χ0) is 17.8. The van der Waals surface area contributed by atoms with E-state index < -0.39 is 10.9 Å². The third-order valence-electron chi connectivity index (χ3n) is 3.71. The molecule has 0 bridgehead atoms. The zero-order valence-electron chi connectivity index (χ0n) is 13.7. The molecule has 0 aliphatic heterocycles. The first kappa shape index (κ1) is 17.1. The maximum Gasteiger partial charge on any atom is 0.201 e. The summed E-state index contributed by atoms with van der Waals surface area (Å²) in [4.78, 5) is 9.06. The number of nitrogens with one attached hydrogen (secondary N) is 1. The highest BCUT2D eigenvalue weighted by molar-refractivity contribution is 7.70. The smallest absolute Gasteiger partial charge is 0.201 e. The molecular weight excluding hydrogens is 342 g/mol. The van der Waals surface area contributed by atoms with E-state index in [4.69, 9.17) is 9.47 Å². The molecule has 1 aromatic heterocycles. The molecule has 3 rings (SSSR count). The lowest BCUT2D eigenvalue weighted by atomic mass is 10.1. The number of hydrogen-bond acceptors (Lipinski definition) is 6. The third-order valence-corrected chi connectivity index (χ3v) is 4.13. The van der Waals surface area contributed by atoms with Gasteiger partial charge in [0, 0.05) is 24.2 Å². The van der Waals surface area contributed by atoms with Crippen LogP contribution >= 0.6 is 0 Å². The van der Waals surface area contributed by atoms with Crippen LogP contribution in [-0.2, 0) is 17.4 Å². The lowest BCUT2D eigenvalue weighted by molar-refractivity contribution is 0.355. The fraction of sp³-hybridized carbons (Fsp3) is 0.176. The quantitative estimate of drug-likeness (QED) is 0.654. The van der Waals surface area contributed by atoms with Crippen molar-refractivity contribution in [2.75, 3.05) is 14.2 Å². The van der Waals surface area contributed by atoms with E-state index in [9.17, 15) is 8.42 Å². The summed E-state index contributed by atoms with van der Waals surface area (Å²) in [5.74, 6) is 1.19. The minimum absolute atomic E-state index is 0.263. The number of hydrogen-bond donors (Lipinski definition) is 2. The van der Waals surface area contributed by atoms with E-state index in [-0.39, 0.29) is 6.54 Å². The Morgan fingerprint density at radius 3 is 2.24 bits per heavy atom. The van der Waals surface area contributed by atoms with Crippen LogP contribution in [-0.4, -0.2) is 32.6 Å². The maximum atomic E-state index is 10.6. The van der Waals surface area contributed by atoms with Gasteiger partial charge in [-0.2, -0.15) is 0 Å². The van der Waals surface area contributed by atoms with Crippen molar-refractivity contribution in [1.29, 1.82) is 0 Å². The van der Waals surface area contributed by atoms with Gasteiger partial charge in [-0.1, -0.05) is 24.3 Å². The van der Waals surface area contributed by atoms with Crippen molar-refractivity contribution in [1.82, 2.24) is 14.7 Å². The third kappa shape index (κ3) is 3.86. The second kappa shape index (κ2) is 7.45. The van der Waals surface area contributed by atoms with Crippen molar-refractivity contribution < 1.29 is 17.9 Å². The first-order valence-electron chi connectivity index (χ1n) is 7.46. The lowest BCUT2D eigenvalue weighted by Gasteiger charge is -2.09. The van der Waals surface area contributed by atoms with E-state index >= 15 is 0 Å². The van der Waals surface area contributed by atoms with Gasteiger partial charge in [0.25, 0.3) is 0 Å². The minimum atomic E-state index is -2.60. The molecule has 1 heterocycles. The molecular formula is C17H17N3O4S. The van der Waals surface area contributed by atoms with Crippen LogP contribution < -0.4 is 14.2 Å². The van der Waals surface area contributed by atoms with Crippen LogP contribution in [0.25, 0.3) is 22.3 Å². The van der Waals surface area contributed by atoms with Crippen molar-refractivity contribution in [3.63, 3.8) is 0 Å². The Balaban J connectivity index is 1.93. The fourth-order valence-electron chi connectivity index (χ4n) is 2.43. The number of benzene rings is 2. The zero-order valence-corrected chi connectivity index (χ0v) is 14.6. The Morgan fingerprint density at radius 1 is 1.00 bits per heavy atom. The first-order valence-corrected chi connectivity index (χ1v) is 8.64. The Kier molecular flexibility index (Phi) is 5.11. The summed E-state index contributed by atoms with van der Waals surface area (Å²) >= 11 is 0. The van der Waals surface area contributed by atoms with Crippen LogP contribution in [0.3, 0.4) is 0 Å². The predicted molar refractivity (Wildman–Crippen MR) is 95.2 cm³/mol. The number of methoxy groups -OCH3 is 2. The SMILES string of the molecule is COc1cc2ncc(-c3ccc(CN[SH](=O)=O)cc3)nc2cc1OC. The molecule has 7 nitrogen and oxygen atoms in total. The lowest BCUT2D eigenvalue weighted by Crippen LogP contribution is -2.09. The molecule has 0 aliphatic carbocycles. The molecule has 0 unspecified atom stereocenters. The second-order valence-corrected chi connectivity index (χ2v) is 6.07. The number of nitrogens with zero attached hydrogens (tertiary/aromatic N) is 2. The van der Waals surface area contributed by atoms with Gasteiger partial charge < -0.3 is 9.47 Å². The molecule has 8 heteroatoms.